The molecule has 0 saturated carbocycles. The highest BCUT2D eigenvalue weighted by Gasteiger charge is 2.16. The van der Waals surface area contributed by atoms with Crippen LogP contribution >= 0.6 is 8.03 Å². The Morgan fingerprint density at radius 1 is 1.29 bits per heavy atom. The first kappa shape index (κ1) is 11.1. The Kier molecular flexibility index (Phi) is 3.55. The lowest BCUT2D eigenvalue weighted by molar-refractivity contribution is 0.448. The van der Waals surface area contributed by atoms with E-state index < -0.39 is 13.7 Å². The Labute approximate surface area is 82.7 Å². The van der Waals surface area contributed by atoms with Gasteiger partial charge in [-0.2, -0.15) is 0 Å². The number of phenols is 2. The van der Waals surface area contributed by atoms with Crippen LogP contribution in [0, 0.1) is 0 Å². The highest BCUT2D eigenvalue weighted by Crippen LogP contribution is 2.42. The van der Waals surface area contributed by atoms with Gasteiger partial charge < -0.3 is 15.1 Å². The van der Waals surface area contributed by atoms with Gasteiger partial charge in [-0.25, -0.2) is 0 Å². The summed E-state index contributed by atoms with van der Waals surface area (Å²) >= 11 is 0. The molecule has 0 aromatic heterocycles. The fourth-order valence-electron chi connectivity index (χ4n) is 1.37. The Hall–Kier alpha value is -0.990. The first-order valence-corrected chi connectivity index (χ1v) is 5.73. The zero-order valence-electron chi connectivity index (χ0n) is 7.77. The van der Waals surface area contributed by atoms with E-state index in [4.69, 9.17) is 4.89 Å². The lowest BCUT2D eigenvalue weighted by Gasteiger charge is -2.12. The zero-order valence-corrected chi connectivity index (χ0v) is 8.77. The van der Waals surface area contributed by atoms with Gasteiger partial charge in [-0.3, -0.25) is 4.57 Å². The summed E-state index contributed by atoms with van der Waals surface area (Å²) in [6.45, 7) is 1.78. The smallest absolute Gasteiger partial charge is 0.196 e. The molecule has 0 aliphatic rings. The molecule has 2 unspecified atom stereocenters. The van der Waals surface area contributed by atoms with Crippen LogP contribution in [-0.4, -0.2) is 15.1 Å². The van der Waals surface area contributed by atoms with Crippen molar-refractivity contribution in [3.05, 3.63) is 23.8 Å². The van der Waals surface area contributed by atoms with Crippen molar-refractivity contribution in [2.24, 2.45) is 0 Å². The fraction of sp³-hybridized carbons (Fsp3) is 0.333. The van der Waals surface area contributed by atoms with E-state index in [1.54, 1.807) is 6.92 Å². The maximum atomic E-state index is 11.0. The molecular weight excluding hydrogens is 203 g/mol. The van der Waals surface area contributed by atoms with E-state index in [1.807, 2.05) is 0 Å². The summed E-state index contributed by atoms with van der Waals surface area (Å²) in [6, 6.07) is 3.98. The lowest BCUT2D eigenvalue weighted by Crippen LogP contribution is -1.91. The molecule has 1 aromatic carbocycles. The number of aromatic hydroxyl groups is 2. The number of hydrogen-bond acceptors (Lipinski definition) is 3. The standard InChI is InChI=1S/C9H13O4P/c1-2-9(14(12)13)6-3-7(10)5-8(11)4-6/h3-5,9-11,14H,2H2,1H3,(H,12,13). The van der Waals surface area contributed by atoms with Gasteiger partial charge >= 0.3 is 0 Å². The van der Waals surface area contributed by atoms with Crippen molar-refractivity contribution in [3.63, 3.8) is 0 Å². The molecular formula is C9H13O4P. The van der Waals surface area contributed by atoms with E-state index in [0.29, 0.717) is 12.0 Å². The molecule has 0 aliphatic carbocycles. The summed E-state index contributed by atoms with van der Waals surface area (Å²) < 4.78 is 11.0. The van der Waals surface area contributed by atoms with E-state index in [1.165, 1.54) is 18.2 Å². The van der Waals surface area contributed by atoms with Gasteiger partial charge in [0.1, 0.15) is 11.5 Å². The fourth-order valence-corrected chi connectivity index (χ4v) is 2.17. The maximum Gasteiger partial charge on any atom is 0.196 e. The third-order valence-corrected chi connectivity index (χ3v) is 3.37. The van der Waals surface area contributed by atoms with E-state index in [9.17, 15) is 14.8 Å². The third kappa shape index (κ3) is 2.50. The molecule has 1 rings (SSSR count). The molecule has 78 valence electrons. The first-order chi connectivity index (χ1) is 6.54. The molecule has 3 N–H and O–H groups in total. The van der Waals surface area contributed by atoms with Crippen LogP contribution < -0.4 is 0 Å². The molecule has 0 radical (unpaired) electrons. The number of benzene rings is 1. The molecule has 0 amide bonds. The average Bonchev–Trinajstić information content (AvgIpc) is 2.02. The Balaban J connectivity index is 3.10. The molecule has 0 fully saturated rings. The number of phenolic OH excluding ortho intramolecular Hbond substituents is 2. The molecule has 0 saturated heterocycles. The molecule has 14 heavy (non-hydrogen) atoms. The van der Waals surface area contributed by atoms with Crippen molar-refractivity contribution in [2.45, 2.75) is 19.0 Å². The van der Waals surface area contributed by atoms with Crippen LogP contribution in [0.1, 0.15) is 24.6 Å². The normalized spacial score (nSPS) is 15.0. The van der Waals surface area contributed by atoms with Gasteiger partial charge in [-0.15, -0.1) is 0 Å². The minimum absolute atomic E-state index is 0.0956. The highest BCUT2D eigenvalue weighted by molar-refractivity contribution is 7.38. The third-order valence-electron chi connectivity index (χ3n) is 2.03. The van der Waals surface area contributed by atoms with Crippen molar-refractivity contribution < 1.29 is 19.7 Å². The summed E-state index contributed by atoms with van der Waals surface area (Å²) in [6.07, 6.45) is 0.497. The molecule has 2 atom stereocenters. The molecule has 0 bridgehead atoms. The zero-order chi connectivity index (χ0) is 10.7. The van der Waals surface area contributed by atoms with Crippen molar-refractivity contribution in [1.82, 2.24) is 0 Å². The van der Waals surface area contributed by atoms with Crippen LogP contribution in [0.4, 0.5) is 0 Å². The monoisotopic (exact) mass is 216 g/mol. The van der Waals surface area contributed by atoms with Gasteiger partial charge in [-0.1, -0.05) is 6.92 Å². The molecule has 4 nitrogen and oxygen atoms in total. The minimum Gasteiger partial charge on any atom is -0.508 e. The topological polar surface area (TPSA) is 77.8 Å². The van der Waals surface area contributed by atoms with Crippen LogP contribution in [0.15, 0.2) is 18.2 Å². The van der Waals surface area contributed by atoms with Crippen molar-refractivity contribution >= 4 is 8.03 Å². The van der Waals surface area contributed by atoms with Crippen LogP contribution in [0.5, 0.6) is 11.5 Å². The maximum absolute atomic E-state index is 11.0. The number of rotatable bonds is 3. The van der Waals surface area contributed by atoms with E-state index in [0.717, 1.165) is 0 Å². The molecule has 1 aromatic rings. The number of hydrogen-bond donors (Lipinski definition) is 3. The Morgan fingerprint density at radius 3 is 2.14 bits per heavy atom. The van der Waals surface area contributed by atoms with Gasteiger partial charge in [0.15, 0.2) is 8.03 Å². The minimum atomic E-state index is -2.68. The van der Waals surface area contributed by atoms with Crippen molar-refractivity contribution in [3.8, 4) is 11.5 Å². The van der Waals surface area contributed by atoms with Crippen LogP contribution in [0.25, 0.3) is 0 Å². The summed E-state index contributed by atoms with van der Waals surface area (Å²) in [5, 5.41) is 18.4. The molecule has 0 spiro atoms. The second kappa shape index (κ2) is 4.49. The predicted octanol–water partition coefficient (Wildman–Crippen LogP) is 2.02. The summed E-state index contributed by atoms with van der Waals surface area (Å²) in [4.78, 5) is 9.03. The quantitative estimate of drug-likeness (QED) is 0.675. The van der Waals surface area contributed by atoms with Crippen LogP contribution in [0.3, 0.4) is 0 Å². The molecule has 0 heterocycles. The molecule has 0 aliphatic heterocycles. The van der Waals surface area contributed by atoms with Crippen LogP contribution in [0.2, 0.25) is 0 Å². The Morgan fingerprint density at radius 2 is 1.79 bits per heavy atom. The van der Waals surface area contributed by atoms with Gasteiger partial charge in [0.2, 0.25) is 0 Å². The van der Waals surface area contributed by atoms with E-state index in [2.05, 4.69) is 0 Å². The molecule has 5 heteroatoms. The van der Waals surface area contributed by atoms with E-state index in [-0.39, 0.29) is 11.5 Å². The van der Waals surface area contributed by atoms with E-state index >= 15 is 0 Å². The summed E-state index contributed by atoms with van der Waals surface area (Å²) in [7, 11) is -2.68. The van der Waals surface area contributed by atoms with Crippen molar-refractivity contribution in [2.75, 3.05) is 0 Å². The van der Waals surface area contributed by atoms with Gasteiger partial charge in [0.25, 0.3) is 0 Å². The summed E-state index contributed by atoms with van der Waals surface area (Å²) in [5.74, 6) is -0.191. The Bertz CT molecular complexity index is 330. The second-order valence-corrected chi connectivity index (χ2v) is 4.46. The largest absolute Gasteiger partial charge is 0.508 e. The average molecular weight is 216 g/mol. The highest BCUT2D eigenvalue weighted by atomic mass is 31.1. The first-order valence-electron chi connectivity index (χ1n) is 4.30. The van der Waals surface area contributed by atoms with Gasteiger partial charge in [0.05, 0.1) is 5.66 Å². The van der Waals surface area contributed by atoms with Crippen LogP contribution in [-0.2, 0) is 4.57 Å². The SMILES string of the molecule is CCC(c1cc(O)cc(O)c1)[PH](=O)O. The van der Waals surface area contributed by atoms with Crippen molar-refractivity contribution in [1.29, 1.82) is 0 Å². The van der Waals surface area contributed by atoms with Gasteiger partial charge in [-0.05, 0) is 24.1 Å². The lowest BCUT2D eigenvalue weighted by atomic mass is 10.1. The predicted molar refractivity (Wildman–Crippen MR) is 54.0 cm³/mol. The van der Waals surface area contributed by atoms with Gasteiger partial charge in [0, 0.05) is 6.07 Å². The summed E-state index contributed by atoms with van der Waals surface area (Å²) in [5.41, 5.74) is -0.00520. The second-order valence-electron chi connectivity index (χ2n) is 3.08.